The molecule has 0 bridgehead atoms. The molecular weight excluding hydrogens is 148 g/mol. The molecule has 1 aliphatic rings. The summed E-state index contributed by atoms with van der Waals surface area (Å²) in [6.45, 7) is 6.69. The monoisotopic (exact) mass is 170 g/mol. The topological polar surface area (TPSA) is 20.2 Å². The Morgan fingerprint density at radius 1 is 1.50 bits per heavy atom. The Hall–Kier alpha value is -0.0400. The van der Waals surface area contributed by atoms with Gasteiger partial charge in [-0.15, -0.1) is 0 Å². The first-order valence-corrected chi connectivity index (χ1v) is 5.24. The molecule has 1 saturated carbocycles. The summed E-state index contributed by atoms with van der Waals surface area (Å²) in [7, 11) is 0. The largest absolute Gasteiger partial charge is 0.390 e. The summed E-state index contributed by atoms with van der Waals surface area (Å²) in [5.41, 5.74) is -0.302. The molecule has 0 aliphatic heterocycles. The van der Waals surface area contributed by atoms with Gasteiger partial charge in [0.1, 0.15) is 0 Å². The Morgan fingerprint density at radius 3 is 2.58 bits per heavy atom. The van der Waals surface area contributed by atoms with E-state index in [2.05, 4.69) is 20.8 Å². The molecule has 0 aromatic rings. The molecular formula is C11H22O. The fraction of sp³-hybridized carbons (Fsp3) is 1.00. The Kier molecular flexibility index (Phi) is 3.16. The molecule has 2 atom stereocenters. The van der Waals surface area contributed by atoms with Crippen LogP contribution in [0.25, 0.3) is 0 Å². The summed E-state index contributed by atoms with van der Waals surface area (Å²) in [4.78, 5) is 0. The molecule has 1 nitrogen and oxygen atoms in total. The molecule has 0 amide bonds. The summed E-state index contributed by atoms with van der Waals surface area (Å²) in [5, 5.41) is 10.1. The summed E-state index contributed by atoms with van der Waals surface area (Å²) in [6, 6.07) is 0. The first-order chi connectivity index (χ1) is 5.52. The van der Waals surface area contributed by atoms with Crippen LogP contribution in [-0.2, 0) is 0 Å². The van der Waals surface area contributed by atoms with E-state index >= 15 is 0 Å². The van der Waals surface area contributed by atoms with Gasteiger partial charge in [0.25, 0.3) is 0 Å². The van der Waals surface area contributed by atoms with Crippen LogP contribution in [0.2, 0.25) is 0 Å². The fourth-order valence-electron chi connectivity index (χ4n) is 2.15. The minimum Gasteiger partial charge on any atom is -0.390 e. The van der Waals surface area contributed by atoms with Crippen LogP contribution in [0.4, 0.5) is 0 Å². The average molecular weight is 170 g/mol. The normalized spacial score (nSPS) is 36.2. The van der Waals surface area contributed by atoms with Gasteiger partial charge in [-0.2, -0.15) is 0 Å². The number of rotatable bonds is 3. The van der Waals surface area contributed by atoms with E-state index in [1.54, 1.807) is 0 Å². The van der Waals surface area contributed by atoms with E-state index in [1.165, 1.54) is 12.8 Å². The first kappa shape index (κ1) is 10.0. The van der Waals surface area contributed by atoms with Gasteiger partial charge in [0.05, 0.1) is 5.60 Å². The third-order valence-corrected chi connectivity index (χ3v) is 3.02. The second-order valence-corrected chi connectivity index (χ2v) is 5.00. The maximum atomic E-state index is 10.1. The predicted octanol–water partition coefficient (Wildman–Crippen LogP) is 2.97. The van der Waals surface area contributed by atoms with Crippen molar-refractivity contribution >= 4 is 0 Å². The highest BCUT2D eigenvalue weighted by molar-refractivity contribution is 4.87. The highest BCUT2D eigenvalue weighted by atomic mass is 16.3. The Bertz CT molecular complexity index is 142. The molecule has 0 aromatic carbocycles. The van der Waals surface area contributed by atoms with Crippen LogP contribution < -0.4 is 0 Å². The second kappa shape index (κ2) is 3.78. The van der Waals surface area contributed by atoms with E-state index in [-0.39, 0.29) is 5.60 Å². The van der Waals surface area contributed by atoms with Crippen molar-refractivity contribution in [3.8, 4) is 0 Å². The highest BCUT2D eigenvalue weighted by Crippen LogP contribution is 2.37. The molecule has 0 radical (unpaired) electrons. The standard InChI is InChI=1S/C11H22O/c1-9(2)4-6-11(12)7-5-10(3)8-11/h9-10,12H,4-8H2,1-3H3. The Morgan fingerprint density at radius 2 is 2.17 bits per heavy atom. The molecule has 0 saturated heterocycles. The third-order valence-electron chi connectivity index (χ3n) is 3.02. The SMILES string of the molecule is CC(C)CCC1(O)CCC(C)C1. The summed E-state index contributed by atoms with van der Waals surface area (Å²) < 4.78 is 0. The van der Waals surface area contributed by atoms with Crippen molar-refractivity contribution in [2.75, 3.05) is 0 Å². The maximum absolute atomic E-state index is 10.1. The molecule has 1 rings (SSSR count). The van der Waals surface area contributed by atoms with E-state index in [0.717, 1.165) is 31.1 Å². The Balaban J connectivity index is 2.30. The second-order valence-electron chi connectivity index (χ2n) is 5.00. The Labute approximate surface area is 76.2 Å². The maximum Gasteiger partial charge on any atom is 0.0650 e. The predicted molar refractivity (Wildman–Crippen MR) is 52.0 cm³/mol. The zero-order valence-corrected chi connectivity index (χ0v) is 8.64. The molecule has 0 spiro atoms. The average Bonchev–Trinajstić information content (AvgIpc) is 2.29. The number of aliphatic hydroxyl groups is 1. The van der Waals surface area contributed by atoms with Gasteiger partial charge in [0, 0.05) is 0 Å². The van der Waals surface area contributed by atoms with E-state index in [9.17, 15) is 5.11 Å². The quantitative estimate of drug-likeness (QED) is 0.690. The van der Waals surface area contributed by atoms with Crippen LogP contribution in [0.15, 0.2) is 0 Å². The van der Waals surface area contributed by atoms with Crippen molar-refractivity contribution in [2.45, 2.75) is 58.5 Å². The lowest BCUT2D eigenvalue weighted by Gasteiger charge is -2.23. The van der Waals surface area contributed by atoms with Crippen molar-refractivity contribution < 1.29 is 5.11 Å². The lowest BCUT2D eigenvalue weighted by molar-refractivity contribution is 0.0302. The molecule has 0 heterocycles. The van der Waals surface area contributed by atoms with Crippen LogP contribution in [0.3, 0.4) is 0 Å². The smallest absolute Gasteiger partial charge is 0.0650 e. The van der Waals surface area contributed by atoms with Crippen LogP contribution in [-0.4, -0.2) is 10.7 Å². The minimum atomic E-state index is -0.302. The molecule has 0 aromatic heterocycles. The van der Waals surface area contributed by atoms with Crippen LogP contribution in [0.5, 0.6) is 0 Å². The fourth-order valence-corrected chi connectivity index (χ4v) is 2.15. The van der Waals surface area contributed by atoms with Crippen molar-refractivity contribution in [3.05, 3.63) is 0 Å². The highest BCUT2D eigenvalue weighted by Gasteiger charge is 2.34. The molecule has 1 N–H and O–H groups in total. The van der Waals surface area contributed by atoms with E-state index in [4.69, 9.17) is 0 Å². The van der Waals surface area contributed by atoms with E-state index in [0.29, 0.717) is 0 Å². The van der Waals surface area contributed by atoms with Crippen LogP contribution in [0, 0.1) is 11.8 Å². The van der Waals surface area contributed by atoms with Crippen molar-refractivity contribution in [1.29, 1.82) is 0 Å². The van der Waals surface area contributed by atoms with E-state index < -0.39 is 0 Å². The van der Waals surface area contributed by atoms with Gasteiger partial charge >= 0.3 is 0 Å². The van der Waals surface area contributed by atoms with Gasteiger partial charge < -0.3 is 5.11 Å². The number of hydrogen-bond acceptors (Lipinski definition) is 1. The summed E-state index contributed by atoms with van der Waals surface area (Å²) in [5.74, 6) is 1.46. The molecule has 2 unspecified atom stereocenters. The summed E-state index contributed by atoms with van der Waals surface area (Å²) >= 11 is 0. The van der Waals surface area contributed by atoms with Crippen LogP contribution >= 0.6 is 0 Å². The molecule has 12 heavy (non-hydrogen) atoms. The summed E-state index contributed by atoms with van der Waals surface area (Å²) in [6.07, 6.45) is 5.45. The van der Waals surface area contributed by atoms with Crippen molar-refractivity contribution in [2.24, 2.45) is 11.8 Å². The molecule has 72 valence electrons. The zero-order chi connectivity index (χ0) is 9.19. The number of hydrogen-bond donors (Lipinski definition) is 1. The van der Waals surface area contributed by atoms with Crippen LogP contribution in [0.1, 0.15) is 52.9 Å². The lowest BCUT2D eigenvalue weighted by atomic mass is 9.91. The van der Waals surface area contributed by atoms with Gasteiger partial charge in [-0.25, -0.2) is 0 Å². The van der Waals surface area contributed by atoms with Gasteiger partial charge in [0.2, 0.25) is 0 Å². The first-order valence-electron chi connectivity index (χ1n) is 5.24. The van der Waals surface area contributed by atoms with Gasteiger partial charge in [-0.1, -0.05) is 20.8 Å². The van der Waals surface area contributed by atoms with Gasteiger partial charge in [0.15, 0.2) is 0 Å². The molecule has 1 fully saturated rings. The molecule has 1 aliphatic carbocycles. The van der Waals surface area contributed by atoms with Gasteiger partial charge in [-0.05, 0) is 43.9 Å². The van der Waals surface area contributed by atoms with E-state index in [1.807, 2.05) is 0 Å². The zero-order valence-electron chi connectivity index (χ0n) is 8.64. The van der Waals surface area contributed by atoms with Crippen molar-refractivity contribution in [1.82, 2.24) is 0 Å². The van der Waals surface area contributed by atoms with Crippen molar-refractivity contribution in [3.63, 3.8) is 0 Å². The van der Waals surface area contributed by atoms with Gasteiger partial charge in [-0.3, -0.25) is 0 Å². The lowest BCUT2D eigenvalue weighted by Crippen LogP contribution is -2.24. The minimum absolute atomic E-state index is 0.302. The molecule has 1 heteroatoms. The third kappa shape index (κ3) is 2.78.